The first-order valence-corrected chi connectivity index (χ1v) is 4.21. The van der Waals surface area contributed by atoms with E-state index in [0.29, 0.717) is 5.56 Å². The van der Waals surface area contributed by atoms with Crippen LogP contribution in [0.1, 0.15) is 19.4 Å². The molecule has 0 amide bonds. The van der Waals surface area contributed by atoms with Gasteiger partial charge in [-0.1, -0.05) is 12.1 Å². The molecule has 14 heavy (non-hydrogen) atoms. The van der Waals surface area contributed by atoms with E-state index in [1.54, 1.807) is 0 Å². The van der Waals surface area contributed by atoms with Crippen molar-refractivity contribution in [1.29, 1.82) is 0 Å². The van der Waals surface area contributed by atoms with Crippen LogP contribution < -0.4 is 5.46 Å². The van der Waals surface area contributed by atoms with Gasteiger partial charge in [0.1, 0.15) is 5.82 Å². The summed E-state index contributed by atoms with van der Waals surface area (Å²) in [6.45, 7) is 3.05. The molecule has 0 aliphatic heterocycles. The van der Waals surface area contributed by atoms with Crippen molar-refractivity contribution >= 4 is 12.6 Å². The van der Waals surface area contributed by atoms with Crippen LogP contribution in [0.5, 0.6) is 0 Å². The lowest BCUT2D eigenvalue weighted by Crippen LogP contribution is -2.33. The van der Waals surface area contributed by atoms with Crippen LogP contribution in [0.2, 0.25) is 0 Å². The molecule has 3 nitrogen and oxygen atoms in total. The Bertz CT molecular complexity index is 333. The molecule has 0 aliphatic carbocycles. The summed E-state index contributed by atoms with van der Waals surface area (Å²) < 4.78 is 13.2. The Labute approximate surface area is 82.0 Å². The molecule has 0 aromatic heterocycles. The Kier molecular flexibility index (Phi) is 2.94. The minimum Gasteiger partial charge on any atom is -0.423 e. The summed E-state index contributed by atoms with van der Waals surface area (Å²) in [5.74, 6) is -0.736. The van der Waals surface area contributed by atoms with E-state index in [1.807, 2.05) is 0 Å². The molecule has 0 fully saturated rings. The van der Waals surface area contributed by atoms with Crippen molar-refractivity contribution in [3.05, 3.63) is 29.6 Å². The molecule has 0 radical (unpaired) electrons. The molecule has 0 spiro atoms. The highest BCUT2D eigenvalue weighted by molar-refractivity contribution is 6.58. The maximum absolute atomic E-state index is 13.2. The summed E-state index contributed by atoms with van der Waals surface area (Å²) in [5.41, 5.74) is -0.947. The van der Waals surface area contributed by atoms with Crippen LogP contribution >= 0.6 is 0 Å². The summed E-state index contributed by atoms with van der Waals surface area (Å²) >= 11 is 0. The summed E-state index contributed by atoms with van der Waals surface area (Å²) in [5, 5.41) is 27.1. The third kappa shape index (κ3) is 2.32. The monoisotopic (exact) mass is 198 g/mol. The van der Waals surface area contributed by atoms with Crippen LogP contribution in [0, 0.1) is 5.82 Å². The molecule has 3 N–H and O–H groups in total. The Morgan fingerprint density at radius 1 is 1.29 bits per heavy atom. The van der Waals surface area contributed by atoms with Crippen molar-refractivity contribution < 1.29 is 19.5 Å². The molecule has 0 saturated carbocycles. The average molecular weight is 198 g/mol. The topological polar surface area (TPSA) is 60.7 Å². The van der Waals surface area contributed by atoms with Gasteiger partial charge in [-0.05, 0) is 25.5 Å². The number of aliphatic hydroxyl groups is 1. The molecule has 1 aromatic rings. The highest BCUT2D eigenvalue weighted by atomic mass is 19.1. The van der Waals surface area contributed by atoms with E-state index in [2.05, 4.69) is 0 Å². The molecule has 0 bridgehead atoms. The van der Waals surface area contributed by atoms with Crippen LogP contribution in [0.25, 0.3) is 0 Å². The molecule has 0 saturated heterocycles. The molecule has 0 aliphatic rings. The predicted molar refractivity (Wildman–Crippen MR) is 51.5 cm³/mol. The third-order valence-corrected chi connectivity index (χ3v) is 1.99. The first-order chi connectivity index (χ1) is 6.32. The Balaban J connectivity index is 3.13. The molecule has 0 unspecified atom stereocenters. The van der Waals surface area contributed by atoms with Crippen LogP contribution in [-0.2, 0) is 5.60 Å². The van der Waals surface area contributed by atoms with Gasteiger partial charge in [0.15, 0.2) is 0 Å². The van der Waals surface area contributed by atoms with Crippen molar-refractivity contribution in [3.8, 4) is 0 Å². The fraction of sp³-hybridized carbons (Fsp3) is 0.333. The van der Waals surface area contributed by atoms with Gasteiger partial charge in [-0.2, -0.15) is 0 Å². The fourth-order valence-corrected chi connectivity index (χ4v) is 1.12. The second kappa shape index (κ2) is 3.69. The zero-order valence-electron chi connectivity index (χ0n) is 8.03. The van der Waals surface area contributed by atoms with Gasteiger partial charge in [-0.25, -0.2) is 4.39 Å². The van der Waals surface area contributed by atoms with Gasteiger partial charge in [0, 0.05) is 5.46 Å². The van der Waals surface area contributed by atoms with Crippen molar-refractivity contribution in [2.24, 2.45) is 0 Å². The highest BCUT2D eigenvalue weighted by Gasteiger charge is 2.21. The minimum atomic E-state index is -1.83. The van der Waals surface area contributed by atoms with Crippen molar-refractivity contribution in [2.75, 3.05) is 0 Å². The third-order valence-electron chi connectivity index (χ3n) is 1.99. The molecule has 0 atom stereocenters. The highest BCUT2D eigenvalue weighted by Crippen LogP contribution is 2.19. The zero-order chi connectivity index (χ0) is 10.9. The summed E-state index contributed by atoms with van der Waals surface area (Å²) in [6, 6.07) is 3.79. The summed E-state index contributed by atoms with van der Waals surface area (Å²) in [6.07, 6.45) is 0. The van der Waals surface area contributed by atoms with Gasteiger partial charge in [0.2, 0.25) is 0 Å². The van der Waals surface area contributed by atoms with Crippen molar-refractivity contribution in [1.82, 2.24) is 0 Å². The number of rotatable bonds is 2. The van der Waals surface area contributed by atoms with Gasteiger partial charge in [-0.3, -0.25) is 0 Å². The molecular weight excluding hydrogens is 186 g/mol. The Morgan fingerprint density at radius 2 is 1.86 bits per heavy atom. The first kappa shape index (κ1) is 11.2. The number of hydrogen-bond acceptors (Lipinski definition) is 3. The maximum Gasteiger partial charge on any atom is 0.491 e. The SMILES string of the molecule is CC(C)(O)c1ccc(B(O)O)c(F)c1. The zero-order valence-corrected chi connectivity index (χ0v) is 8.03. The lowest BCUT2D eigenvalue weighted by atomic mass is 9.78. The maximum atomic E-state index is 13.2. The molecule has 1 rings (SSSR count). The van der Waals surface area contributed by atoms with Crippen LogP contribution in [0.15, 0.2) is 18.2 Å². The van der Waals surface area contributed by atoms with Crippen molar-refractivity contribution in [2.45, 2.75) is 19.4 Å². The first-order valence-electron chi connectivity index (χ1n) is 4.21. The lowest BCUT2D eigenvalue weighted by molar-refractivity contribution is 0.0782. The van der Waals surface area contributed by atoms with Gasteiger partial charge in [-0.15, -0.1) is 0 Å². The standard InChI is InChI=1S/C9H12BFO3/c1-9(2,12)6-3-4-7(10(13)14)8(11)5-6/h3-5,12-14H,1-2H3. The largest absolute Gasteiger partial charge is 0.491 e. The number of halogens is 1. The van der Waals surface area contributed by atoms with Crippen LogP contribution in [-0.4, -0.2) is 22.3 Å². The summed E-state index contributed by atoms with van der Waals surface area (Å²) in [4.78, 5) is 0. The van der Waals surface area contributed by atoms with E-state index in [-0.39, 0.29) is 5.46 Å². The van der Waals surface area contributed by atoms with Gasteiger partial charge in [0.25, 0.3) is 0 Å². The van der Waals surface area contributed by atoms with Crippen LogP contribution in [0.3, 0.4) is 0 Å². The van der Waals surface area contributed by atoms with E-state index >= 15 is 0 Å². The normalized spacial score (nSPS) is 11.6. The lowest BCUT2D eigenvalue weighted by Gasteiger charge is -2.18. The van der Waals surface area contributed by atoms with Gasteiger partial charge in [0.05, 0.1) is 5.60 Å². The number of hydrogen-bond donors (Lipinski definition) is 3. The van der Waals surface area contributed by atoms with E-state index in [4.69, 9.17) is 10.0 Å². The molecule has 5 heteroatoms. The number of benzene rings is 1. The molecular formula is C9H12BFO3. The quantitative estimate of drug-likeness (QED) is 0.573. The van der Waals surface area contributed by atoms with Gasteiger partial charge >= 0.3 is 7.12 Å². The van der Waals surface area contributed by atoms with E-state index in [0.717, 1.165) is 6.07 Å². The predicted octanol–water partition coefficient (Wildman–Crippen LogP) is -0.267. The van der Waals surface area contributed by atoms with Crippen molar-refractivity contribution in [3.63, 3.8) is 0 Å². The molecule has 0 heterocycles. The molecule has 76 valence electrons. The van der Waals surface area contributed by atoms with E-state index in [1.165, 1.54) is 26.0 Å². The van der Waals surface area contributed by atoms with Gasteiger partial charge < -0.3 is 15.2 Å². The molecule has 1 aromatic carbocycles. The Hall–Kier alpha value is -0.905. The summed E-state index contributed by atoms with van der Waals surface area (Å²) in [7, 11) is -1.83. The average Bonchev–Trinajstić information content (AvgIpc) is 2.01. The smallest absolute Gasteiger partial charge is 0.423 e. The second-order valence-corrected chi connectivity index (χ2v) is 3.67. The van der Waals surface area contributed by atoms with E-state index in [9.17, 15) is 9.50 Å². The van der Waals surface area contributed by atoms with E-state index < -0.39 is 18.5 Å². The Morgan fingerprint density at radius 3 is 2.21 bits per heavy atom. The van der Waals surface area contributed by atoms with Crippen LogP contribution in [0.4, 0.5) is 4.39 Å². The fourth-order valence-electron chi connectivity index (χ4n) is 1.12. The minimum absolute atomic E-state index is 0.196. The second-order valence-electron chi connectivity index (χ2n) is 3.67.